The summed E-state index contributed by atoms with van der Waals surface area (Å²) in [6.07, 6.45) is 0.0323. The number of hydrogen-bond donors (Lipinski definition) is 1. The van der Waals surface area contributed by atoms with Gasteiger partial charge in [0, 0.05) is 32.7 Å². The Hall–Kier alpha value is -0.150. The lowest BCUT2D eigenvalue weighted by Gasteiger charge is -2.27. The van der Waals surface area contributed by atoms with E-state index >= 15 is 0 Å². The van der Waals surface area contributed by atoms with E-state index in [9.17, 15) is 4.39 Å². The number of alkyl halides is 1. The summed E-state index contributed by atoms with van der Waals surface area (Å²) in [6, 6.07) is 0. The molecule has 3 heteroatoms. The molecule has 1 fully saturated rings. The lowest BCUT2D eigenvalue weighted by atomic mass is 10.2. The number of rotatable bonds is 3. The van der Waals surface area contributed by atoms with Gasteiger partial charge in [0.15, 0.2) is 0 Å². The van der Waals surface area contributed by atoms with Crippen molar-refractivity contribution in [3.8, 4) is 0 Å². The molecule has 1 heterocycles. The van der Waals surface area contributed by atoms with E-state index in [1.807, 2.05) is 0 Å². The summed E-state index contributed by atoms with van der Waals surface area (Å²) >= 11 is 0. The van der Waals surface area contributed by atoms with Crippen LogP contribution in [0.3, 0.4) is 0 Å². The summed E-state index contributed by atoms with van der Waals surface area (Å²) in [7, 11) is 0. The molecule has 1 aliphatic heterocycles. The Kier molecular flexibility index (Phi) is 3.80. The summed E-state index contributed by atoms with van der Waals surface area (Å²) in [5.74, 6) is 0. The Morgan fingerprint density at radius 1 is 1.45 bits per heavy atom. The Labute approximate surface area is 67.8 Å². The largest absolute Gasteiger partial charge is 0.314 e. The molecule has 0 saturated carbocycles. The summed E-state index contributed by atoms with van der Waals surface area (Å²) in [5.41, 5.74) is 0. The minimum atomic E-state index is -0.648. The molecule has 1 N–H and O–H groups in total. The zero-order valence-electron chi connectivity index (χ0n) is 7.15. The van der Waals surface area contributed by atoms with Crippen molar-refractivity contribution >= 4 is 0 Å². The van der Waals surface area contributed by atoms with E-state index in [2.05, 4.69) is 10.2 Å². The van der Waals surface area contributed by atoms with Gasteiger partial charge in [-0.15, -0.1) is 0 Å². The standard InChI is InChI=1S/C8H17FN2/c1-8(9)2-5-11-6-3-10-4-7-11/h8,10H,2-7H2,1H3. The van der Waals surface area contributed by atoms with Crippen LogP contribution in [0.25, 0.3) is 0 Å². The van der Waals surface area contributed by atoms with E-state index < -0.39 is 6.17 Å². The van der Waals surface area contributed by atoms with Crippen molar-refractivity contribution < 1.29 is 4.39 Å². The molecule has 0 radical (unpaired) electrons. The molecule has 1 rings (SSSR count). The second-order valence-electron chi connectivity index (χ2n) is 3.16. The van der Waals surface area contributed by atoms with Crippen LogP contribution < -0.4 is 5.32 Å². The smallest absolute Gasteiger partial charge is 0.0985 e. The third kappa shape index (κ3) is 3.68. The maximum absolute atomic E-state index is 12.4. The topological polar surface area (TPSA) is 15.3 Å². The monoisotopic (exact) mass is 160 g/mol. The summed E-state index contributed by atoms with van der Waals surface area (Å²) in [6.45, 7) is 6.81. The molecule has 0 aromatic heterocycles. The fourth-order valence-corrected chi connectivity index (χ4v) is 1.30. The van der Waals surface area contributed by atoms with Gasteiger partial charge in [-0.3, -0.25) is 0 Å². The number of nitrogens with one attached hydrogen (secondary N) is 1. The highest BCUT2D eigenvalue weighted by Gasteiger charge is 2.09. The molecule has 1 unspecified atom stereocenters. The Bertz CT molecular complexity index is 100. The van der Waals surface area contributed by atoms with Crippen molar-refractivity contribution in [1.82, 2.24) is 10.2 Å². The first-order valence-corrected chi connectivity index (χ1v) is 4.36. The number of piperazine rings is 1. The maximum atomic E-state index is 12.4. The molecule has 66 valence electrons. The average molecular weight is 160 g/mol. The molecular formula is C8H17FN2. The number of halogens is 1. The van der Waals surface area contributed by atoms with Crippen molar-refractivity contribution in [3.05, 3.63) is 0 Å². The average Bonchev–Trinajstić information content (AvgIpc) is 2.03. The predicted octanol–water partition coefficient (Wildman–Crippen LogP) is 0.640. The van der Waals surface area contributed by atoms with E-state index in [0.717, 1.165) is 32.7 Å². The van der Waals surface area contributed by atoms with E-state index in [1.54, 1.807) is 6.92 Å². The van der Waals surface area contributed by atoms with Gasteiger partial charge in [-0.25, -0.2) is 4.39 Å². The summed E-state index contributed by atoms with van der Waals surface area (Å²) in [5, 5.41) is 3.27. The van der Waals surface area contributed by atoms with Crippen LogP contribution in [0.4, 0.5) is 4.39 Å². The molecule has 0 aromatic carbocycles. The quantitative estimate of drug-likeness (QED) is 0.651. The normalized spacial score (nSPS) is 23.5. The molecule has 1 atom stereocenters. The molecule has 0 amide bonds. The number of nitrogens with zero attached hydrogens (tertiary/aromatic N) is 1. The van der Waals surface area contributed by atoms with Gasteiger partial charge in [-0.1, -0.05) is 0 Å². The van der Waals surface area contributed by atoms with Gasteiger partial charge in [-0.2, -0.15) is 0 Å². The van der Waals surface area contributed by atoms with Crippen LogP contribution in [0.5, 0.6) is 0 Å². The van der Waals surface area contributed by atoms with Gasteiger partial charge in [0.05, 0.1) is 6.17 Å². The van der Waals surface area contributed by atoms with Crippen molar-refractivity contribution in [2.45, 2.75) is 19.5 Å². The predicted molar refractivity (Wildman–Crippen MR) is 44.5 cm³/mol. The fraction of sp³-hybridized carbons (Fsp3) is 1.00. The van der Waals surface area contributed by atoms with Crippen LogP contribution in [-0.4, -0.2) is 43.8 Å². The van der Waals surface area contributed by atoms with Crippen LogP contribution in [0.1, 0.15) is 13.3 Å². The van der Waals surface area contributed by atoms with Crippen molar-refractivity contribution in [2.75, 3.05) is 32.7 Å². The van der Waals surface area contributed by atoms with Gasteiger partial charge >= 0.3 is 0 Å². The minimum Gasteiger partial charge on any atom is -0.314 e. The Balaban J connectivity index is 2.05. The zero-order chi connectivity index (χ0) is 8.10. The highest BCUT2D eigenvalue weighted by atomic mass is 19.1. The third-order valence-electron chi connectivity index (χ3n) is 2.05. The Morgan fingerprint density at radius 2 is 2.09 bits per heavy atom. The first-order valence-electron chi connectivity index (χ1n) is 4.36. The van der Waals surface area contributed by atoms with Crippen LogP contribution in [0, 0.1) is 0 Å². The van der Waals surface area contributed by atoms with Gasteiger partial charge in [0.25, 0.3) is 0 Å². The van der Waals surface area contributed by atoms with Crippen molar-refractivity contribution in [1.29, 1.82) is 0 Å². The van der Waals surface area contributed by atoms with Crippen molar-refractivity contribution in [2.24, 2.45) is 0 Å². The molecule has 2 nitrogen and oxygen atoms in total. The lowest BCUT2D eigenvalue weighted by Crippen LogP contribution is -2.44. The highest BCUT2D eigenvalue weighted by Crippen LogP contribution is 1.99. The van der Waals surface area contributed by atoms with Gasteiger partial charge < -0.3 is 10.2 Å². The molecular weight excluding hydrogens is 143 g/mol. The molecule has 11 heavy (non-hydrogen) atoms. The molecule has 0 bridgehead atoms. The first kappa shape index (κ1) is 8.94. The third-order valence-corrected chi connectivity index (χ3v) is 2.05. The van der Waals surface area contributed by atoms with E-state index in [0.29, 0.717) is 6.42 Å². The lowest BCUT2D eigenvalue weighted by molar-refractivity contribution is 0.210. The second kappa shape index (κ2) is 4.67. The van der Waals surface area contributed by atoms with E-state index in [1.165, 1.54) is 0 Å². The second-order valence-corrected chi connectivity index (χ2v) is 3.16. The van der Waals surface area contributed by atoms with Crippen LogP contribution >= 0.6 is 0 Å². The van der Waals surface area contributed by atoms with Crippen LogP contribution in [0.2, 0.25) is 0 Å². The van der Waals surface area contributed by atoms with Gasteiger partial charge in [0.1, 0.15) is 0 Å². The van der Waals surface area contributed by atoms with Crippen LogP contribution in [-0.2, 0) is 0 Å². The van der Waals surface area contributed by atoms with E-state index in [4.69, 9.17) is 0 Å². The fourth-order valence-electron chi connectivity index (χ4n) is 1.30. The van der Waals surface area contributed by atoms with Gasteiger partial charge in [0.2, 0.25) is 0 Å². The number of hydrogen-bond acceptors (Lipinski definition) is 2. The minimum absolute atomic E-state index is 0.648. The van der Waals surface area contributed by atoms with Crippen molar-refractivity contribution in [3.63, 3.8) is 0 Å². The Morgan fingerprint density at radius 3 is 2.64 bits per heavy atom. The molecule has 0 aliphatic carbocycles. The molecule has 1 aliphatic rings. The molecule has 0 aromatic rings. The molecule has 0 spiro atoms. The van der Waals surface area contributed by atoms with Gasteiger partial charge in [-0.05, 0) is 13.3 Å². The molecule has 1 saturated heterocycles. The summed E-state index contributed by atoms with van der Waals surface area (Å²) < 4.78 is 12.4. The first-order chi connectivity index (χ1) is 5.29. The van der Waals surface area contributed by atoms with Crippen LogP contribution in [0.15, 0.2) is 0 Å². The van der Waals surface area contributed by atoms with E-state index in [-0.39, 0.29) is 0 Å². The SMILES string of the molecule is CC(F)CCN1CCNCC1. The highest BCUT2D eigenvalue weighted by molar-refractivity contribution is 4.67. The maximum Gasteiger partial charge on any atom is 0.0985 e. The summed E-state index contributed by atoms with van der Waals surface area (Å²) in [4.78, 5) is 2.31. The zero-order valence-corrected chi connectivity index (χ0v) is 7.15.